The molecule has 0 heterocycles. The van der Waals surface area contributed by atoms with Crippen molar-refractivity contribution in [1.82, 2.24) is 5.32 Å². The standard InChI is InChI=1S/C18H20ClFN2O4S/c1-13-5-3-4-6-17(13)26-10-9-21-18(23)12-22(27(2,24)25)14-7-8-16(20)15(19)11-14/h3-8,11H,9-10,12H2,1-2H3,(H,21,23). The van der Waals surface area contributed by atoms with Crippen molar-refractivity contribution in [2.75, 3.05) is 30.3 Å². The predicted octanol–water partition coefficient (Wildman–Crippen LogP) is 2.75. The third-order valence-electron chi connectivity index (χ3n) is 3.65. The quantitative estimate of drug-likeness (QED) is 0.674. The Bertz CT molecular complexity index is 921. The molecule has 1 N–H and O–H groups in total. The van der Waals surface area contributed by atoms with Gasteiger partial charge >= 0.3 is 0 Å². The number of sulfonamides is 1. The van der Waals surface area contributed by atoms with Crippen molar-refractivity contribution < 1.29 is 22.3 Å². The molecule has 2 aromatic carbocycles. The molecule has 2 aromatic rings. The number of halogens is 2. The number of nitrogens with zero attached hydrogens (tertiary/aromatic N) is 1. The first-order valence-corrected chi connectivity index (χ1v) is 10.3. The summed E-state index contributed by atoms with van der Waals surface area (Å²) in [6, 6.07) is 10.9. The van der Waals surface area contributed by atoms with Crippen LogP contribution >= 0.6 is 11.6 Å². The number of aryl methyl sites for hydroxylation is 1. The van der Waals surface area contributed by atoms with Gasteiger partial charge in [-0.3, -0.25) is 9.10 Å². The molecule has 0 aliphatic rings. The highest BCUT2D eigenvalue weighted by atomic mass is 35.5. The molecule has 0 aromatic heterocycles. The first-order chi connectivity index (χ1) is 12.7. The number of anilines is 1. The number of rotatable bonds is 8. The molecule has 0 radical (unpaired) electrons. The van der Waals surface area contributed by atoms with Gasteiger partial charge in [0.15, 0.2) is 0 Å². The number of benzene rings is 2. The fraction of sp³-hybridized carbons (Fsp3) is 0.278. The Labute approximate surface area is 162 Å². The van der Waals surface area contributed by atoms with E-state index in [0.29, 0.717) is 5.75 Å². The Balaban J connectivity index is 1.94. The molecular weight excluding hydrogens is 395 g/mol. The SMILES string of the molecule is Cc1ccccc1OCCNC(=O)CN(c1ccc(F)c(Cl)c1)S(C)(=O)=O. The fourth-order valence-corrected chi connectivity index (χ4v) is 3.32. The Kier molecular flexibility index (Phi) is 7.04. The van der Waals surface area contributed by atoms with E-state index >= 15 is 0 Å². The smallest absolute Gasteiger partial charge is 0.240 e. The molecule has 0 bridgehead atoms. The zero-order valence-corrected chi connectivity index (χ0v) is 16.5. The molecule has 9 heteroatoms. The first-order valence-electron chi connectivity index (χ1n) is 8.06. The van der Waals surface area contributed by atoms with E-state index in [-0.39, 0.29) is 23.9 Å². The van der Waals surface area contributed by atoms with Crippen molar-refractivity contribution in [3.8, 4) is 5.75 Å². The largest absolute Gasteiger partial charge is 0.491 e. The Hall–Kier alpha value is -2.32. The highest BCUT2D eigenvalue weighted by molar-refractivity contribution is 7.92. The maximum absolute atomic E-state index is 13.3. The van der Waals surface area contributed by atoms with Gasteiger partial charge in [0.25, 0.3) is 0 Å². The van der Waals surface area contributed by atoms with Crippen molar-refractivity contribution in [2.24, 2.45) is 0 Å². The lowest BCUT2D eigenvalue weighted by Gasteiger charge is -2.22. The molecule has 0 spiro atoms. The van der Waals surface area contributed by atoms with E-state index in [1.54, 1.807) is 0 Å². The van der Waals surface area contributed by atoms with Crippen molar-refractivity contribution in [2.45, 2.75) is 6.92 Å². The van der Waals surface area contributed by atoms with Crippen LogP contribution in [0.25, 0.3) is 0 Å². The minimum Gasteiger partial charge on any atom is -0.491 e. The summed E-state index contributed by atoms with van der Waals surface area (Å²) in [5, 5.41) is 2.37. The van der Waals surface area contributed by atoms with Crippen LogP contribution in [0.4, 0.5) is 10.1 Å². The summed E-state index contributed by atoms with van der Waals surface area (Å²) >= 11 is 5.70. The molecule has 0 aliphatic heterocycles. The Morgan fingerprint density at radius 3 is 2.59 bits per heavy atom. The van der Waals surface area contributed by atoms with Crippen LogP contribution < -0.4 is 14.4 Å². The number of hydrogen-bond donors (Lipinski definition) is 1. The number of amides is 1. The van der Waals surface area contributed by atoms with E-state index in [0.717, 1.165) is 28.3 Å². The van der Waals surface area contributed by atoms with Crippen LogP contribution in [0.15, 0.2) is 42.5 Å². The minimum atomic E-state index is -3.76. The molecule has 0 saturated heterocycles. The number of ether oxygens (including phenoxy) is 1. The van der Waals surface area contributed by atoms with Gasteiger partial charge in [0.05, 0.1) is 23.5 Å². The number of carbonyl (C=O) groups is 1. The zero-order chi connectivity index (χ0) is 20.0. The van der Waals surface area contributed by atoms with Crippen molar-refractivity contribution in [3.63, 3.8) is 0 Å². The van der Waals surface area contributed by atoms with Crippen molar-refractivity contribution in [3.05, 3.63) is 58.9 Å². The second-order valence-corrected chi connectivity index (χ2v) is 8.15. The number of hydrogen-bond acceptors (Lipinski definition) is 4. The number of para-hydroxylation sites is 1. The van der Waals surface area contributed by atoms with Gasteiger partial charge in [0.1, 0.15) is 24.7 Å². The average molecular weight is 415 g/mol. The van der Waals surface area contributed by atoms with Crippen LogP contribution in [0.1, 0.15) is 5.56 Å². The second-order valence-electron chi connectivity index (χ2n) is 5.83. The number of carbonyl (C=O) groups excluding carboxylic acids is 1. The van der Waals surface area contributed by atoms with Gasteiger partial charge in [-0.25, -0.2) is 12.8 Å². The van der Waals surface area contributed by atoms with Gasteiger partial charge in [-0.15, -0.1) is 0 Å². The summed E-state index contributed by atoms with van der Waals surface area (Å²) < 4.78 is 43.7. The fourth-order valence-electron chi connectivity index (χ4n) is 2.30. The van der Waals surface area contributed by atoms with Gasteiger partial charge in [0.2, 0.25) is 15.9 Å². The van der Waals surface area contributed by atoms with Crippen LogP contribution in [0.2, 0.25) is 5.02 Å². The molecular formula is C18H20ClFN2O4S. The molecule has 0 unspecified atom stereocenters. The third-order valence-corrected chi connectivity index (χ3v) is 5.08. The third kappa shape index (κ3) is 6.11. The Morgan fingerprint density at radius 2 is 1.96 bits per heavy atom. The summed E-state index contributed by atoms with van der Waals surface area (Å²) in [6.45, 7) is 1.89. The maximum atomic E-state index is 13.3. The van der Waals surface area contributed by atoms with Gasteiger partial charge in [0, 0.05) is 0 Å². The normalized spacial score (nSPS) is 11.1. The molecule has 146 valence electrons. The van der Waals surface area contributed by atoms with E-state index in [1.807, 2.05) is 31.2 Å². The van der Waals surface area contributed by atoms with E-state index in [4.69, 9.17) is 16.3 Å². The lowest BCUT2D eigenvalue weighted by atomic mass is 10.2. The van der Waals surface area contributed by atoms with E-state index in [9.17, 15) is 17.6 Å². The van der Waals surface area contributed by atoms with Crippen LogP contribution in [-0.2, 0) is 14.8 Å². The molecule has 0 aliphatic carbocycles. The zero-order valence-electron chi connectivity index (χ0n) is 14.9. The lowest BCUT2D eigenvalue weighted by molar-refractivity contribution is -0.119. The topological polar surface area (TPSA) is 75.7 Å². The molecule has 0 saturated carbocycles. The highest BCUT2D eigenvalue weighted by Crippen LogP contribution is 2.24. The van der Waals surface area contributed by atoms with E-state index in [2.05, 4.69) is 5.32 Å². The highest BCUT2D eigenvalue weighted by Gasteiger charge is 2.21. The predicted molar refractivity (Wildman–Crippen MR) is 103 cm³/mol. The number of nitrogens with one attached hydrogen (secondary N) is 1. The monoisotopic (exact) mass is 414 g/mol. The molecule has 1 amide bonds. The van der Waals surface area contributed by atoms with Crippen LogP contribution in [-0.4, -0.2) is 40.3 Å². The van der Waals surface area contributed by atoms with Gasteiger partial charge < -0.3 is 10.1 Å². The average Bonchev–Trinajstić information content (AvgIpc) is 2.59. The molecule has 6 nitrogen and oxygen atoms in total. The molecule has 0 atom stereocenters. The summed E-state index contributed by atoms with van der Waals surface area (Å²) in [4.78, 5) is 12.1. The van der Waals surface area contributed by atoms with Crippen molar-refractivity contribution >= 4 is 33.2 Å². The van der Waals surface area contributed by atoms with Crippen LogP contribution in [0, 0.1) is 12.7 Å². The summed E-state index contributed by atoms with van der Waals surface area (Å²) in [6.07, 6.45) is 0.957. The lowest BCUT2D eigenvalue weighted by Crippen LogP contribution is -2.41. The summed E-state index contributed by atoms with van der Waals surface area (Å²) in [7, 11) is -3.76. The summed E-state index contributed by atoms with van der Waals surface area (Å²) in [5.74, 6) is -0.480. The second kappa shape index (κ2) is 9.05. The molecule has 0 fully saturated rings. The Morgan fingerprint density at radius 1 is 1.26 bits per heavy atom. The van der Waals surface area contributed by atoms with Gasteiger partial charge in [-0.2, -0.15) is 0 Å². The van der Waals surface area contributed by atoms with Gasteiger partial charge in [-0.1, -0.05) is 29.8 Å². The van der Waals surface area contributed by atoms with E-state index in [1.165, 1.54) is 6.07 Å². The minimum absolute atomic E-state index is 0.107. The van der Waals surface area contributed by atoms with E-state index < -0.39 is 28.3 Å². The molecule has 2 rings (SSSR count). The van der Waals surface area contributed by atoms with Crippen LogP contribution in [0.3, 0.4) is 0 Å². The van der Waals surface area contributed by atoms with Gasteiger partial charge in [-0.05, 0) is 36.8 Å². The maximum Gasteiger partial charge on any atom is 0.240 e. The summed E-state index contributed by atoms with van der Waals surface area (Å²) in [5.41, 5.74) is 1.08. The van der Waals surface area contributed by atoms with Crippen LogP contribution in [0.5, 0.6) is 5.75 Å². The van der Waals surface area contributed by atoms with Crippen molar-refractivity contribution in [1.29, 1.82) is 0 Å². The first kappa shape index (κ1) is 21.0. The molecule has 27 heavy (non-hydrogen) atoms.